The number of fused-ring (bicyclic) bond motifs is 1. The maximum absolute atomic E-state index is 5.76. The van der Waals surface area contributed by atoms with Crippen LogP contribution in [0.3, 0.4) is 0 Å². The first-order chi connectivity index (χ1) is 9.65. The van der Waals surface area contributed by atoms with E-state index in [1.165, 1.54) is 24.2 Å². The van der Waals surface area contributed by atoms with Crippen LogP contribution in [-0.4, -0.2) is 28.7 Å². The molecule has 3 rings (SSSR count). The van der Waals surface area contributed by atoms with Gasteiger partial charge in [-0.2, -0.15) is 0 Å². The Balaban J connectivity index is 1.96. The maximum atomic E-state index is 5.76. The van der Waals surface area contributed by atoms with E-state index in [1.807, 2.05) is 19.9 Å². The van der Waals surface area contributed by atoms with E-state index in [-0.39, 0.29) is 6.10 Å². The highest BCUT2D eigenvalue weighted by molar-refractivity contribution is 5.77. The van der Waals surface area contributed by atoms with Crippen molar-refractivity contribution in [3.63, 3.8) is 0 Å². The van der Waals surface area contributed by atoms with Gasteiger partial charge in [0.25, 0.3) is 0 Å². The average Bonchev–Trinajstić information content (AvgIpc) is 2.76. The van der Waals surface area contributed by atoms with Crippen molar-refractivity contribution < 1.29 is 4.74 Å². The number of nitrogens with one attached hydrogen (secondary N) is 1. The second kappa shape index (κ2) is 5.44. The SMILES string of the molecule is CC(C)Oc1ccc2c(c1)nc(C1CCNCC1)n2C. The quantitative estimate of drug-likeness (QED) is 0.934. The molecule has 1 aliphatic heterocycles. The van der Waals surface area contributed by atoms with Crippen LogP contribution in [0.25, 0.3) is 11.0 Å². The van der Waals surface area contributed by atoms with Crippen LogP contribution in [0.2, 0.25) is 0 Å². The summed E-state index contributed by atoms with van der Waals surface area (Å²) < 4.78 is 8.00. The largest absolute Gasteiger partial charge is 0.491 e. The Kier molecular flexibility index (Phi) is 3.66. The number of benzene rings is 1. The van der Waals surface area contributed by atoms with Gasteiger partial charge >= 0.3 is 0 Å². The Labute approximate surface area is 120 Å². The monoisotopic (exact) mass is 273 g/mol. The smallest absolute Gasteiger partial charge is 0.121 e. The van der Waals surface area contributed by atoms with Gasteiger partial charge < -0.3 is 14.6 Å². The molecule has 0 atom stereocenters. The molecule has 0 unspecified atom stereocenters. The lowest BCUT2D eigenvalue weighted by Crippen LogP contribution is -2.27. The molecule has 4 heteroatoms. The van der Waals surface area contributed by atoms with Gasteiger partial charge in [-0.15, -0.1) is 0 Å². The van der Waals surface area contributed by atoms with E-state index in [1.54, 1.807) is 0 Å². The summed E-state index contributed by atoms with van der Waals surface area (Å²) in [5, 5.41) is 3.41. The molecule has 0 amide bonds. The summed E-state index contributed by atoms with van der Waals surface area (Å²) in [5.41, 5.74) is 2.23. The number of aryl methyl sites for hydroxylation is 1. The van der Waals surface area contributed by atoms with Gasteiger partial charge in [0.05, 0.1) is 17.1 Å². The van der Waals surface area contributed by atoms with E-state index in [2.05, 4.69) is 29.1 Å². The van der Waals surface area contributed by atoms with E-state index in [0.29, 0.717) is 5.92 Å². The Morgan fingerprint density at radius 1 is 1.30 bits per heavy atom. The number of aromatic nitrogens is 2. The van der Waals surface area contributed by atoms with Crippen LogP contribution in [0.15, 0.2) is 18.2 Å². The normalized spacial score (nSPS) is 17.0. The van der Waals surface area contributed by atoms with Gasteiger partial charge in [0.15, 0.2) is 0 Å². The van der Waals surface area contributed by atoms with Gasteiger partial charge in [-0.25, -0.2) is 4.98 Å². The van der Waals surface area contributed by atoms with E-state index in [4.69, 9.17) is 9.72 Å². The summed E-state index contributed by atoms with van der Waals surface area (Å²) in [6, 6.07) is 6.21. The molecule has 1 saturated heterocycles. The van der Waals surface area contributed by atoms with Crippen LogP contribution < -0.4 is 10.1 Å². The number of ether oxygens (including phenoxy) is 1. The van der Waals surface area contributed by atoms with Crippen molar-refractivity contribution in [2.45, 2.75) is 38.7 Å². The summed E-state index contributed by atoms with van der Waals surface area (Å²) in [7, 11) is 2.12. The van der Waals surface area contributed by atoms with E-state index >= 15 is 0 Å². The molecule has 1 fully saturated rings. The molecule has 1 N–H and O–H groups in total. The molecular weight excluding hydrogens is 250 g/mol. The van der Waals surface area contributed by atoms with Gasteiger partial charge in [0.1, 0.15) is 11.6 Å². The van der Waals surface area contributed by atoms with Gasteiger partial charge in [-0.05, 0) is 51.9 Å². The lowest BCUT2D eigenvalue weighted by molar-refractivity contribution is 0.242. The highest BCUT2D eigenvalue weighted by Gasteiger charge is 2.21. The lowest BCUT2D eigenvalue weighted by Gasteiger charge is -2.22. The fourth-order valence-corrected chi connectivity index (χ4v) is 2.99. The summed E-state index contributed by atoms with van der Waals surface area (Å²) in [5.74, 6) is 2.69. The first-order valence-corrected chi connectivity index (χ1v) is 7.49. The topological polar surface area (TPSA) is 39.1 Å². The summed E-state index contributed by atoms with van der Waals surface area (Å²) in [4.78, 5) is 4.86. The van der Waals surface area contributed by atoms with Crippen LogP contribution in [0.4, 0.5) is 0 Å². The van der Waals surface area contributed by atoms with Crippen LogP contribution in [0.1, 0.15) is 38.4 Å². The predicted molar refractivity (Wildman–Crippen MR) is 81.3 cm³/mol. The molecule has 1 aromatic carbocycles. The van der Waals surface area contributed by atoms with Crippen LogP contribution >= 0.6 is 0 Å². The van der Waals surface area contributed by atoms with Gasteiger partial charge in [0.2, 0.25) is 0 Å². The predicted octanol–water partition coefficient (Wildman–Crippen LogP) is 2.83. The van der Waals surface area contributed by atoms with Crippen LogP contribution in [0, 0.1) is 0 Å². The number of hydrogen-bond acceptors (Lipinski definition) is 3. The second-order valence-corrected chi connectivity index (χ2v) is 5.87. The number of imidazole rings is 1. The van der Waals surface area contributed by atoms with Crippen molar-refractivity contribution in [3.05, 3.63) is 24.0 Å². The summed E-state index contributed by atoms with van der Waals surface area (Å²) in [6.07, 6.45) is 2.54. The minimum Gasteiger partial charge on any atom is -0.491 e. The molecule has 2 heterocycles. The minimum absolute atomic E-state index is 0.194. The molecule has 0 radical (unpaired) electrons. The van der Waals surface area contributed by atoms with Gasteiger partial charge in [-0.1, -0.05) is 0 Å². The molecule has 0 saturated carbocycles. The Bertz CT molecular complexity index is 597. The average molecular weight is 273 g/mol. The van der Waals surface area contributed by atoms with Crippen LogP contribution in [-0.2, 0) is 7.05 Å². The lowest BCUT2D eigenvalue weighted by atomic mass is 9.97. The summed E-state index contributed by atoms with van der Waals surface area (Å²) >= 11 is 0. The van der Waals surface area contributed by atoms with Crippen molar-refractivity contribution in [3.8, 4) is 5.75 Å². The zero-order valence-corrected chi connectivity index (χ0v) is 12.5. The minimum atomic E-state index is 0.194. The zero-order valence-electron chi connectivity index (χ0n) is 12.5. The number of rotatable bonds is 3. The molecule has 2 aromatic rings. The number of piperidine rings is 1. The molecule has 108 valence electrons. The van der Waals surface area contributed by atoms with Crippen molar-refractivity contribution in [1.29, 1.82) is 0 Å². The third kappa shape index (κ3) is 2.52. The number of hydrogen-bond donors (Lipinski definition) is 1. The Morgan fingerprint density at radius 3 is 2.75 bits per heavy atom. The molecule has 1 aliphatic rings. The van der Waals surface area contributed by atoms with Crippen molar-refractivity contribution in [2.24, 2.45) is 7.05 Å². The molecule has 0 bridgehead atoms. The fourth-order valence-electron chi connectivity index (χ4n) is 2.99. The molecular formula is C16H23N3O. The molecule has 4 nitrogen and oxygen atoms in total. The first kappa shape index (κ1) is 13.4. The van der Waals surface area contributed by atoms with Gasteiger partial charge in [0, 0.05) is 19.0 Å². The summed E-state index contributed by atoms with van der Waals surface area (Å²) in [6.45, 7) is 6.28. The third-order valence-electron chi connectivity index (χ3n) is 3.96. The first-order valence-electron chi connectivity index (χ1n) is 7.49. The number of nitrogens with zero attached hydrogens (tertiary/aromatic N) is 2. The Hall–Kier alpha value is -1.55. The molecule has 0 aliphatic carbocycles. The van der Waals surface area contributed by atoms with Crippen molar-refractivity contribution >= 4 is 11.0 Å². The Morgan fingerprint density at radius 2 is 2.05 bits per heavy atom. The zero-order chi connectivity index (χ0) is 14.1. The van der Waals surface area contributed by atoms with Crippen molar-refractivity contribution in [1.82, 2.24) is 14.9 Å². The third-order valence-corrected chi connectivity index (χ3v) is 3.96. The van der Waals surface area contributed by atoms with E-state index in [9.17, 15) is 0 Å². The van der Waals surface area contributed by atoms with E-state index in [0.717, 1.165) is 24.4 Å². The molecule has 0 spiro atoms. The standard InChI is InChI=1S/C16H23N3O/c1-11(2)20-13-4-5-15-14(10-13)18-16(19(15)3)12-6-8-17-9-7-12/h4-5,10-12,17H,6-9H2,1-3H3. The second-order valence-electron chi connectivity index (χ2n) is 5.87. The molecule has 20 heavy (non-hydrogen) atoms. The molecule has 1 aromatic heterocycles. The highest BCUT2D eigenvalue weighted by atomic mass is 16.5. The van der Waals surface area contributed by atoms with Crippen LogP contribution in [0.5, 0.6) is 5.75 Å². The maximum Gasteiger partial charge on any atom is 0.121 e. The highest BCUT2D eigenvalue weighted by Crippen LogP contribution is 2.29. The fraction of sp³-hybridized carbons (Fsp3) is 0.562. The van der Waals surface area contributed by atoms with E-state index < -0.39 is 0 Å². The van der Waals surface area contributed by atoms with Gasteiger partial charge in [-0.3, -0.25) is 0 Å². The van der Waals surface area contributed by atoms with Crippen molar-refractivity contribution in [2.75, 3.05) is 13.1 Å².